The number of amides is 2. The van der Waals surface area contributed by atoms with Crippen molar-refractivity contribution >= 4 is 28.3 Å². The lowest BCUT2D eigenvalue weighted by Gasteiger charge is -2.10. The zero-order chi connectivity index (χ0) is 22.5. The van der Waals surface area contributed by atoms with Crippen molar-refractivity contribution in [3.63, 3.8) is 0 Å². The highest BCUT2D eigenvalue weighted by Crippen LogP contribution is 2.20. The molecule has 0 aliphatic heterocycles. The molecule has 0 unspecified atom stereocenters. The lowest BCUT2D eigenvalue weighted by molar-refractivity contribution is -0.123. The van der Waals surface area contributed by atoms with E-state index < -0.39 is 0 Å². The molecule has 0 saturated carbocycles. The SMILES string of the molecule is Cc1cc(=O)[nH]c(-c2cccc(NC(=O)CNC(=O)Cc3cccc4ccccc34)c2)n1. The molecular formula is C25H22N4O3. The van der Waals surface area contributed by atoms with Gasteiger partial charge >= 0.3 is 0 Å². The average Bonchev–Trinajstić information content (AvgIpc) is 2.77. The summed E-state index contributed by atoms with van der Waals surface area (Å²) in [7, 11) is 0. The van der Waals surface area contributed by atoms with Crippen LogP contribution in [0.3, 0.4) is 0 Å². The van der Waals surface area contributed by atoms with Gasteiger partial charge in [0.05, 0.1) is 13.0 Å². The van der Waals surface area contributed by atoms with Crippen LogP contribution >= 0.6 is 0 Å². The summed E-state index contributed by atoms with van der Waals surface area (Å²) in [6.45, 7) is 1.60. The summed E-state index contributed by atoms with van der Waals surface area (Å²) >= 11 is 0. The fraction of sp³-hybridized carbons (Fsp3) is 0.120. The summed E-state index contributed by atoms with van der Waals surface area (Å²) in [6.07, 6.45) is 0.191. The third-order valence-corrected chi connectivity index (χ3v) is 4.97. The number of fused-ring (bicyclic) bond motifs is 1. The lowest BCUT2D eigenvalue weighted by Crippen LogP contribution is -2.33. The number of hydrogen-bond donors (Lipinski definition) is 3. The number of hydrogen-bond acceptors (Lipinski definition) is 4. The summed E-state index contributed by atoms with van der Waals surface area (Å²) in [5.41, 5.74) is 2.49. The van der Waals surface area contributed by atoms with Crippen LogP contribution in [0.2, 0.25) is 0 Å². The predicted octanol–water partition coefficient (Wildman–Crippen LogP) is 3.20. The van der Waals surface area contributed by atoms with Crippen LogP contribution in [0.1, 0.15) is 11.3 Å². The molecule has 3 aromatic carbocycles. The number of H-pyrrole nitrogens is 1. The largest absolute Gasteiger partial charge is 0.347 e. The Hall–Kier alpha value is -4.26. The van der Waals surface area contributed by atoms with E-state index in [4.69, 9.17) is 0 Å². The van der Waals surface area contributed by atoms with Crippen LogP contribution in [0.5, 0.6) is 0 Å². The third kappa shape index (κ3) is 5.07. The fourth-order valence-electron chi connectivity index (χ4n) is 3.53. The third-order valence-electron chi connectivity index (χ3n) is 4.97. The van der Waals surface area contributed by atoms with Crippen molar-refractivity contribution in [2.75, 3.05) is 11.9 Å². The van der Waals surface area contributed by atoms with Crippen LogP contribution in [0.4, 0.5) is 5.69 Å². The minimum Gasteiger partial charge on any atom is -0.347 e. The number of rotatable bonds is 6. The Morgan fingerprint density at radius 1 is 0.938 bits per heavy atom. The predicted molar refractivity (Wildman–Crippen MR) is 124 cm³/mol. The first-order chi connectivity index (χ1) is 15.5. The van der Waals surface area contributed by atoms with Gasteiger partial charge in [0, 0.05) is 23.0 Å². The first-order valence-corrected chi connectivity index (χ1v) is 10.2. The number of carbonyl (C=O) groups excluding carboxylic acids is 2. The van der Waals surface area contributed by atoms with Crippen molar-refractivity contribution in [3.8, 4) is 11.4 Å². The normalized spacial score (nSPS) is 10.7. The van der Waals surface area contributed by atoms with Crippen LogP contribution < -0.4 is 16.2 Å². The summed E-state index contributed by atoms with van der Waals surface area (Å²) in [5, 5.41) is 7.51. The molecule has 0 fully saturated rings. The molecular weight excluding hydrogens is 404 g/mol. The molecule has 1 aromatic heterocycles. The zero-order valence-corrected chi connectivity index (χ0v) is 17.5. The molecule has 4 rings (SSSR count). The zero-order valence-electron chi connectivity index (χ0n) is 17.5. The molecule has 1 heterocycles. The standard InChI is InChI=1S/C25H22N4O3/c1-16-12-23(31)29-25(27-16)19-9-5-10-20(13-19)28-24(32)15-26-22(30)14-18-8-4-7-17-6-2-3-11-21(17)18/h2-13H,14-15H2,1H3,(H,26,30)(H,28,32)(H,27,29,31). The molecule has 7 heteroatoms. The van der Waals surface area contributed by atoms with Crippen molar-refractivity contribution in [1.29, 1.82) is 0 Å². The number of aromatic amines is 1. The molecule has 3 N–H and O–H groups in total. The Morgan fingerprint density at radius 3 is 2.56 bits per heavy atom. The number of aryl methyl sites for hydroxylation is 1. The number of anilines is 1. The molecule has 0 atom stereocenters. The van der Waals surface area contributed by atoms with Crippen LogP contribution in [0.25, 0.3) is 22.2 Å². The highest BCUT2D eigenvalue weighted by molar-refractivity contribution is 5.96. The Kier molecular flexibility index (Phi) is 6.07. The first-order valence-electron chi connectivity index (χ1n) is 10.2. The molecule has 0 aliphatic rings. The second-order valence-electron chi connectivity index (χ2n) is 7.46. The quantitative estimate of drug-likeness (QED) is 0.440. The van der Waals surface area contributed by atoms with Gasteiger partial charge in [-0.25, -0.2) is 4.98 Å². The summed E-state index contributed by atoms with van der Waals surface area (Å²) < 4.78 is 0. The Bertz CT molecular complexity index is 1360. The number of nitrogens with one attached hydrogen (secondary N) is 3. The van der Waals surface area contributed by atoms with Crippen LogP contribution in [-0.4, -0.2) is 28.3 Å². The minimum absolute atomic E-state index is 0.145. The number of nitrogens with zero attached hydrogens (tertiary/aromatic N) is 1. The number of benzene rings is 3. The van der Waals surface area contributed by atoms with Gasteiger partial charge < -0.3 is 15.6 Å². The molecule has 0 radical (unpaired) electrons. The van der Waals surface area contributed by atoms with E-state index in [0.29, 0.717) is 22.8 Å². The lowest BCUT2D eigenvalue weighted by atomic mass is 10.0. The summed E-state index contributed by atoms with van der Waals surface area (Å²) in [4.78, 5) is 43.4. The fourth-order valence-corrected chi connectivity index (χ4v) is 3.53. The second-order valence-corrected chi connectivity index (χ2v) is 7.46. The van der Waals surface area contributed by atoms with E-state index in [9.17, 15) is 14.4 Å². The number of carbonyl (C=O) groups is 2. The van der Waals surface area contributed by atoms with Crippen molar-refractivity contribution in [1.82, 2.24) is 15.3 Å². The van der Waals surface area contributed by atoms with Crippen LogP contribution in [0.15, 0.2) is 77.6 Å². The van der Waals surface area contributed by atoms with E-state index in [1.165, 1.54) is 6.07 Å². The van der Waals surface area contributed by atoms with E-state index in [1.54, 1.807) is 31.2 Å². The first kappa shape index (κ1) is 21.0. The Labute approximate surface area is 184 Å². The molecule has 2 amide bonds. The molecule has 0 spiro atoms. The molecule has 0 aliphatic carbocycles. The van der Waals surface area contributed by atoms with E-state index in [-0.39, 0.29) is 30.3 Å². The Balaban J connectivity index is 1.37. The molecule has 32 heavy (non-hydrogen) atoms. The maximum Gasteiger partial charge on any atom is 0.251 e. The summed E-state index contributed by atoms with van der Waals surface area (Å²) in [6, 6.07) is 22.1. The van der Waals surface area contributed by atoms with Gasteiger partial charge in [-0.15, -0.1) is 0 Å². The summed E-state index contributed by atoms with van der Waals surface area (Å²) in [5.74, 6) is -0.152. The van der Waals surface area contributed by atoms with Crippen molar-refractivity contribution in [2.24, 2.45) is 0 Å². The van der Waals surface area contributed by atoms with Crippen molar-refractivity contribution in [3.05, 3.63) is 94.4 Å². The maximum atomic E-state index is 12.4. The van der Waals surface area contributed by atoms with E-state index in [1.807, 2.05) is 42.5 Å². The van der Waals surface area contributed by atoms with Gasteiger partial charge in [0.1, 0.15) is 5.82 Å². The molecule has 4 aromatic rings. The Morgan fingerprint density at radius 2 is 1.72 bits per heavy atom. The monoisotopic (exact) mass is 426 g/mol. The minimum atomic E-state index is -0.348. The van der Waals surface area contributed by atoms with Gasteiger partial charge in [-0.05, 0) is 35.4 Å². The van der Waals surface area contributed by atoms with Gasteiger partial charge in [0.2, 0.25) is 11.8 Å². The second kappa shape index (κ2) is 9.26. The van der Waals surface area contributed by atoms with Gasteiger partial charge in [0.15, 0.2) is 0 Å². The topological polar surface area (TPSA) is 104 Å². The van der Waals surface area contributed by atoms with E-state index >= 15 is 0 Å². The van der Waals surface area contributed by atoms with Crippen LogP contribution in [0, 0.1) is 6.92 Å². The maximum absolute atomic E-state index is 12.4. The van der Waals surface area contributed by atoms with Gasteiger partial charge in [-0.2, -0.15) is 0 Å². The molecule has 0 saturated heterocycles. The van der Waals surface area contributed by atoms with E-state index in [0.717, 1.165) is 16.3 Å². The van der Waals surface area contributed by atoms with Gasteiger partial charge in [-0.1, -0.05) is 54.6 Å². The van der Waals surface area contributed by atoms with Crippen molar-refractivity contribution < 1.29 is 9.59 Å². The number of aromatic nitrogens is 2. The highest BCUT2D eigenvalue weighted by atomic mass is 16.2. The van der Waals surface area contributed by atoms with Gasteiger partial charge in [-0.3, -0.25) is 14.4 Å². The molecule has 0 bridgehead atoms. The molecule has 7 nitrogen and oxygen atoms in total. The smallest absolute Gasteiger partial charge is 0.251 e. The highest BCUT2D eigenvalue weighted by Gasteiger charge is 2.10. The average molecular weight is 426 g/mol. The van der Waals surface area contributed by atoms with Gasteiger partial charge in [0.25, 0.3) is 5.56 Å². The van der Waals surface area contributed by atoms with Crippen molar-refractivity contribution in [2.45, 2.75) is 13.3 Å². The van der Waals surface area contributed by atoms with Crippen LogP contribution in [-0.2, 0) is 16.0 Å². The van der Waals surface area contributed by atoms with E-state index in [2.05, 4.69) is 20.6 Å². The molecule has 160 valence electrons.